The van der Waals surface area contributed by atoms with Gasteiger partial charge in [-0.15, -0.1) is 11.3 Å². The summed E-state index contributed by atoms with van der Waals surface area (Å²) in [4.78, 5) is 21.5. The lowest BCUT2D eigenvalue weighted by Crippen LogP contribution is -2.43. The van der Waals surface area contributed by atoms with E-state index in [1.165, 1.54) is 5.38 Å². The Balaban J connectivity index is 3.11. The standard InChI is InChI=1S/C9H11NO7S2/c1-17-9(14)7-6(2-3-18-7)19(15,16)10-5(4-11)8(12)13/h2-3,5,10-11H,4H2,1H3,(H,12,13)/t5-/m1/s1. The Morgan fingerprint density at radius 3 is 2.63 bits per heavy atom. The Bertz CT molecular complexity index is 577. The molecular formula is C9H11NO7S2. The average Bonchev–Trinajstić information content (AvgIpc) is 2.84. The molecule has 0 aliphatic rings. The summed E-state index contributed by atoms with van der Waals surface area (Å²) in [6.45, 7) is -0.910. The number of methoxy groups -OCH3 is 1. The number of carbonyl (C=O) groups excluding carboxylic acids is 1. The van der Waals surface area contributed by atoms with E-state index in [1.54, 1.807) is 4.72 Å². The molecule has 0 fully saturated rings. The Kier molecular flexibility index (Phi) is 5.00. The summed E-state index contributed by atoms with van der Waals surface area (Å²) < 4.78 is 30.1. The fourth-order valence-corrected chi connectivity index (χ4v) is 3.68. The highest BCUT2D eigenvalue weighted by molar-refractivity contribution is 7.89. The maximum Gasteiger partial charge on any atom is 0.349 e. The van der Waals surface area contributed by atoms with Crippen LogP contribution in [0.1, 0.15) is 9.67 Å². The van der Waals surface area contributed by atoms with Crippen molar-refractivity contribution in [1.29, 1.82) is 0 Å². The number of sulfonamides is 1. The fraction of sp³-hybridized carbons (Fsp3) is 0.333. The van der Waals surface area contributed by atoms with Gasteiger partial charge >= 0.3 is 11.9 Å². The number of esters is 1. The second-order valence-corrected chi connectivity index (χ2v) is 5.90. The zero-order valence-corrected chi connectivity index (χ0v) is 11.3. The van der Waals surface area contributed by atoms with Crippen LogP contribution in [0.5, 0.6) is 0 Å². The predicted molar refractivity (Wildman–Crippen MR) is 64.5 cm³/mol. The van der Waals surface area contributed by atoms with Gasteiger partial charge in [-0.25, -0.2) is 13.2 Å². The van der Waals surface area contributed by atoms with E-state index in [0.29, 0.717) is 0 Å². The van der Waals surface area contributed by atoms with Crippen LogP contribution in [0.2, 0.25) is 0 Å². The van der Waals surface area contributed by atoms with Crippen molar-refractivity contribution in [2.45, 2.75) is 10.9 Å². The van der Waals surface area contributed by atoms with Crippen molar-refractivity contribution >= 4 is 33.3 Å². The molecule has 0 aliphatic carbocycles. The van der Waals surface area contributed by atoms with Crippen molar-refractivity contribution in [3.63, 3.8) is 0 Å². The third-order valence-corrected chi connectivity index (χ3v) is 4.61. The van der Waals surface area contributed by atoms with Gasteiger partial charge in [-0.2, -0.15) is 4.72 Å². The fourth-order valence-electron chi connectivity index (χ4n) is 1.17. The number of ether oxygens (including phenoxy) is 1. The van der Waals surface area contributed by atoms with Crippen molar-refractivity contribution < 1.29 is 33.0 Å². The Hall–Kier alpha value is -1.49. The number of rotatable bonds is 6. The molecular weight excluding hydrogens is 298 g/mol. The molecule has 0 unspecified atom stereocenters. The van der Waals surface area contributed by atoms with Crippen molar-refractivity contribution in [3.8, 4) is 0 Å². The Morgan fingerprint density at radius 2 is 2.16 bits per heavy atom. The van der Waals surface area contributed by atoms with Crippen LogP contribution < -0.4 is 4.72 Å². The molecule has 1 aromatic heterocycles. The quantitative estimate of drug-likeness (QED) is 0.590. The molecule has 106 valence electrons. The molecule has 0 saturated carbocycles. The van der Waals surface area contributed by atoms with Gasteiger partial charge in [0.25, 0.3) is 0 Å². The van der Waals surface area contributed by atoms with E-state index in [2.05, 4.69) is 4.74 Å². The van der Waals surface area contributed by atoms with E-state index in [4.69, 9.17) is 10.2 Å². The maximum absolute atomic E-state index is 11.9. The van der Waals surface area contributed by atoms with E-state index in [1.807, 2.05) is 0 Å². The molecule has 0 bridgehead atoms. The van der Waals surface area contributed by atoms with E-state index in [0.717, 1.165) is 24.5 Å². The van der Waals surface area contributed by atoms with E-state index in [9.17, 15) is 18.0 Å². The van der Waals surface area contributed by atoms with Crippen molar-refractivity contribution in [1.82, 2.24) is 4.72 Å². The zero-order valence-electron chi connectivity index (χ0n) is 9.69. The summed E-state index contributed by atoms with van der Waals surface area (Å²) in [7, 11) is -3.14. The minimum Gasteiger partial charge on any atom is -0.480 e. The Labute approximate surface area is 112 Å². The minimum absolute atomic E-state index is 0.169. The number of aliphatic hydroxyl groups excluding tert-OH is 1. The van der Waals surface area contributed by atoms with Crippen LogP contribution in [0.25, 0.3) is 0 Å². The molecule has 8 nitrogen and oxygen atoms in total. The maximum atomic E-state index is 11.9. The SMILES string of the molecule is COC(=O)c1sccc1S(=O)(=O)N[C@H](CO)C(=O)O. The molecule has 1 aromatic rings. The minimum atomic E-state index is -4.24. The highest BCUT2D eigenvalue weighted by atomic mass is 32.2. The van der Waals surface area contributed by atoms with E-state index >= 15 is 0 Å². The van der Waals surface area contributed by atoms with Crippen LogP contribution in [-0.4, -0.2) is 50.3 Å². The summed E-state index contributed by atoms with van der Waals surface area (Å²) >= 11 is 0.849. The van der Waals surface area contributed by atoms with Crippen LogP contribution in [-0.2, 0) is 19.6 Å². The molecule has 3 N–H and O–H groups in total. The molecule has 1 rings (SSSR count). The number of hydrogen-bond donors (Lipinski definition) is 3. The van der Waals surface area contributed by atoms with Crippen molar-refractivity contribution in [2.75, 3.05) is 13.7 Å². The number of aliphatic carboxylic acids is 1. The topological polar surface area (TPSA) is 130 Å². The largest absolute Gasteiger partial charge is 0.480 e. The van der Waals surface area contributed by atoms with Crippen molar-refractivity contribution in [3.05, 3.63) is 16.3 Å². The van der Waals surface area contributed by atoms with Crippen LogP contribution in [0.3, 0.4) is 0 Å². The third kappa shape index (κ3) is 3.50. The van der Waals surface area contributed by atoms with Crippen LogP contribution in [0.4, 0.5) is 0 Å². The van der Waals surface area contributed by atoms with Gasteiger partial charge in [-0.3, -0.25) is 4.79 Å². The lowest BCUT2D eigenvalue weighted by molar-refractivity contribution is -0.139. The first-order valence-corrected chi connectivity index (χ1v) is 7.21. The molecule has 0 amide bonds. The molecule has 1 heterocycles. The summed E-state index contributed by atoms with van der Waals surface area (Å²) in [5.41, 5.74) is 0. The number of carboxylic acids is 1. The van der Waals surface area contributed by atoms with E-state index in [-0.39, 0.29) is 9.77 Å². The zero-order chi connectivity index (χ0) is 14.6. The van der Waals surface area contributed by atoms with Gasteiger partial charge in [0, 0.05) is 0 Å². The molecule has 0 aromatic carbocycles. The second kappa shape index (κ2) is 6.10. The van der Waals surface area contributed by atoms with Gasteiger partial charge < -0.3 is 14.9 Å². The highest BCUT2D eigenvalue weighted by Crippen LogP contribution is 2.22. The summed E-state index contributed by atoms with van der Waals surface area (Å²) in [5.74, 6) is -2.37. The number of hydrogen-bond acceptors (Lipinski definition) is 7. The van der Waals surface area contributed by atoms with Crippen molar-refractivity contribution in [2.24, 2.45) is 0 Å². The summed E-state index contributed by atoms with van der Waals surface area (Å²) in [6, 6.07) is -0.536. The molecule has 1 atom stereocenters. The molecule has 0 spiro atoms. The van der Waals surface area contributed by atoms with Crippen LogP contribution >= 0.6 is 11.3 Å². The van der Waals surface area contributed by atoms with Gasteiger partial charge in [0.1, 0.15) is 15.8 Å². The lowest BCUT2D eigenvalue weighted by Gasteiger charge is -2.12. The van der Waals surface area contributed by atoms with E-state index < -0.39 is 34.6 Å². The first-order valence-electron chi connectivity index (χ1n) is 4.85. The number of carboxylic acid groups (broad SMARTS) is 1. The van der Waals surface area contributed by atoms with Gasteiger partial charge in [0.2, 0.25) is 10.0 Å². The average molecular weight is 309 g/mol. The smallest absolute Gasteiger partial charge is 0.349 e. The molecule has 10 heteroatoms. The predicted octanol–water partition coefficient (Wildman–Crippen LogP) is -0.742. The van der Waals surface area contributed by atoms with Crippen LogP contribution in [0, 0.1) is 0 Å². The normalized spacial score (nSPS) is 12.9. The van der Waals surface area contributed by atoms with Gasteiger partial charge in [0.15, 0.2) is 0 Å². The number of carbonyl (C=O) groups is 2. The van der Waals surface area contributed by atoms with Gasteiger partial charge in [-0.1, -0.05) is 0 Å². The number of nitrogens with one attached hydrogen (secondary N) is 1. The van der Waals surface area contributed by atoms with Gasteiger partial charge in [-0.05, 0) is 11.4 Å². The molecule has 0 radical (unpaired) electrons. The first-order chi connectivity index (χ1) is 8.83. The molecule has 0 aliphatic heterocycles. The number of aliphatic hydroxyl groups is 1. The van der Waals surface area contributed by atoms with Crippen LogP contribution in [0.15, 0.2) is 16.3 Å². The lowest BCUT2D eigenvalue weighted by atomic mass is 10.3. The number of thiophene rings is 1. The molecule has 19 heavy (non-hydrogen) atoms. The third-order valence-electron chi connectivity index (χ3n) is 2.07. The summed E-state index contributed by atoms with van der Waals surface area (Å²) in [6.07, 6.45) is 0. The Morgan fingerprint density at radius 1 is 1.53 bits per heavy atom. The monoisotopic (exact) mass is 309 g/mol. The second-order valence-electron chi connectivity index (χ2n) is 3.30. The summed E-state index contributed by atoms with van der Waals surface area (Å²) in [5, 5.41) is 18.8. The highest BCUT2D eigenvalue weighted by Gasteiger charge is 2.29. The first kappa shape index (κ1) is 15.6. The molecule has 0 saturated heterocycles. The van der Waals surface area contributed by atoms with Gasteiger partial charge in [0.05, 0.1) is 13.7 Å².